The quantitative estimate of drug-likeness (QED) is 0.844. The van der Waals surface area contributed by atoms with Crippen LogP contribution in [0.1, 0.15) is 31.9 Å². The van der Waals surface area contributed by atoms with Crippen molar-refractivity contribution in [2.24, 2.45) is 20.0 Å². The Morgan fingerprint density at radius 2 is 2.00 bits per heavy atom. The van der Waals surface area contributed by atoms with E-state index in [1.54, 1.807) is 7.05 Å². The van der Waals surface area contributed by atoms with Gasteiger partial charge in [0, 0.05) is 38.4 Å². The van der Waals surface area contributed by atoms with E-state index in [1.807, 2.05) is 0 Å². The lowest BCUT2D eigenvalue weighted by molar-refractivity contribution is 0.487. The maximum Gasteiger partial charge on any atom is 0.330 e. The normalized spacial score (nSPS) is 23.5. The zero-order valence-electron chi connectivity index (χ0n) is 11.3. The molecule has 0 radical (unpaired) electrons. The molecule has 100 valence electrons. The highest BCUT2D eigenvalue weighted by Gasteiger charge is 2.20. The van der Waals surface area contributed by atoms with Crippen LogP contribution < -0.4 is 16.6 Å². The van der Waals surface area contributed by atoms with E-state index in [0.29, 0.717) is 12.6 Å². The summed E-state index contributed by atoms with van der Waals surface area (Å²) in [6.07, 6.45) is 3.62. The lowest BCUT2D eigenvalue weighted by Gasteiger charge is -2.14. The first-order chi connectivity index (χ1) is 8.49. The van der Waals surface area contributed by atoms with Gasteiger partial charge in [-0.25, -0.2) is 4.79 Å². The first-order valence-electron chi connectivity index (χ1n) is 6.48. The topological polar surface area (TPSA) is 56.0 Å². The summed E-state index contributed by atoms with van der Waals surface area (Å²) in [4.78, 5) is 23.3. The third-order valence-corrected chi connectivity index (χ3v) is 3.89. The highest BCUT2D eigenvalue weighted by Crippen LogP contribution is 2.24. The Kier molecular flexibility index (Phi) is 3.71. The van der Waals surface area contributed by atoms with E-state index in [2.05, 4.69) is 12.2 Å². The van der Waals surface area contributed by atoms with Crippen LogP contribution in [0.3, 0.4) is 0 Å². The minimum atomic E-state index is -0.265. The van der Waals surface area contributed by atoms with Crippen LogP contribution >= 0.6 is 0 Å². The van der Waals surface area contributed by atoms with Crippen molar-refractivity contribution in [1.29, 1.82) is 0 Å². The van der Waals surface area contributed by atoms with Crippen molar-refractivity contribution in [1.82, 2.24) is 14.5 Å². The van der Waals surface area contributed by atoms with E-state index in [-0.39, 0.29) is 11.2 Å². The predicted octanol–water partition coefficient (Wildman–Crippen LogP) is 0.362. The fourth-order valence-corrected chi connectivity index (χ4v) is 2.59. The van der Waals surface area contributed by atoms with Crippen LogP contribution in [0.25, 0.3) is 0 Å². The summed E-state index contributed by atoms with van der Waals surface area (Å²) in [6, 6.07) is 2.05. The Labute approximate surface area is 106 Å². The summed E-state index contributed by atoms with van der Waals surface area (Å²) in [5.74, 6) is 0.773. The summed E-state index contributed by atoms with van der Waals surface area (Å²) >= 11 is 0. The molecule has 1 aromatic rings. The fourth-order valence-electron chi connectivity index (χ4n) is 2.59. The zero-order chi connectivity index (χ0) is 13.3. The van der Waals surface area contributed by atoms with Gasteiger partial charge in [0.2, 0.25) is 0 Å². The zero-order valence-corrected chi connectivity index (χ0v) is 11.3. The molecule has 0 bridgehead atoms. The summed E-state index contributed by atoms with van der Waals surface area (Å²) in [6.45, 7) is 2.84. The molecule has 18 heavy (non-hydrogen) atoms. The summed E-state index contributed by atoms with van der Waals surface area (Å²) in [5.41, 5.74) is 0.247. The first-order valence-corrected chi connectivity index (χ1v) is 6.48. The first kappa shape index (κ1) is 13.1. The van der Waals surface area contributed by atoms with Crippen LogP contribution in [-0.4, -0.2) is 15.2 Å². The maximum atomic E-state index is 11.8. The molecule has 0 aliphatic heterocycles. The second-order valence-electron chi connectivity index (χ2n) is 5.37. The molecule has 2 atom stereocenters. The van der Waals surface area contributed by atoms with Gasteiger partial charge in [-0.3, -0.25) is 13.9 Å². The Morgan fingerprint density at radius 1 is 1.28 bits per heavy atom. The van der Waals surface area contributed by atoms with Gasteiger partial charge < -0.3 is 5.32 Å². The average molecular weight is 251 g/mol. The Bertz CT molecular complexity index is 544. The standard InChI is InChI=1S/C13H21N3O2/c1-9-4-5-10(6-9)14-8-11-7-12(17)16(3)13(18)15(11)2/h7,9-10,14H,4-6,8H2,1-3H3. The van der Waals surface area contributed by atoms with Crippen LogP contribution in [0.5, 0.6) is 0 Å². The number of nitrogens with one attached hydrogen (secondary N) is 1. The Balaban J connectivity index is 2.11. The minimum Gasteiger partial charge on any atom is -0.308 e. The number of hydrogen-bond acceptors (Lipinski definition) is 3. The van der Waals surface area contributed by atoms with Crippen molar-refractivity contribution in [3.05, 3.63) is 32.6 Å². The molecule has 1 saturated carbocycles. The molecule has 0 aromatic carbocycles. The molecular weight excluding hydrogens is 230 g/mol. The molecule has 1 fully saturated rings. The highest BCUT2D eigenvalue weighted by molar-refractivity contribution is 5.02. The molecule has 1 heterocycles. The van der Waals surface area contributed by atoms with Crippen molar-refractivity contribution in [3.63, 3.8) is 0 Å². The highest BCUT2D eigenvalue weighted by atomic mass is 16.2. The number of rotatable bonds is 3. The SMILES string of the molecule is CC1CCC(NCc2cc(=O)n(C)c(=O)n2C)C1. The van der Waals surface area contributed by atoms with E-state index in [4.69, 9.17) is 0 Å². The molecule has 1 aliphatic rings. The van der Waals surface area contributed by atoms with Gasteiger partial charge in [-0.15, -0.1) is 0 Å². The second-order valence-corrected chi connectivity index (χ2v) is 5.37. The third kappa shape index (κ3) is 2.56. The van der Waals surface area contributed by atoms with Gasteiger partial charge in [-0.05, 0) is 25.2 Å². The number of nitrogens with zero attached hydrogens (tertiary/aromatic N) is 2. The smallest absolute Gasteiger partial charge is 0.308 e. The van der Waals surface area contributed by atoms with Gasteiger partial charge >= 0.3 is 5.69 Å². The molecule has 0 spiro atoms. The number of hydrogen-bond donors (Lipinski definition) is 1. The molecule has 2 unspecified atom stereocenters. The molecule has 0 amide bonds. The molecular formula is C13H21N3O2. The molecule has 1 aromatic heterocycles. The third-order valence-electron chi connectivity index (χ3n) is 3.89. The molecule has 2 rings (SSSR count). The van der Waals surface area contributed by atoms with Gasteiger partial charge in [0.05, 0.1) is 0 Å². The molecule has 5 heteroatoms. The van der Waals surface area contributed by atoms with Crippen LogP contribution in [0, 0.1) is 5.92 Å². The predicted molar refractivity (Wildman–Crippen MR) is 70.6 cm³/mol. The van der Waals surface area contributed by atoms with Gasteiger partial charge in [0.25, 0.3) is 5.56 Å². The van der Waals surface area contributed by atoms with Crippen molar-refractivity contribution in [2.45, 2.75) is 38.8 Å². The van der Waals surface area contributed by atoms with Crippen LogP contribution in [0.2, 0.25) is 0 Å². The summed E-state index contributed by atoms with van der Waals surface area (Å²) in [5, 5.41) is 3.44. The Morgan fingerprint density at radius 3 is 2.61 bits per heavy atom. The van der Waals surface area contributed by atoms with Crippen LogP contribution in [0.15, 0.2) is 15.7 Å². The Hall–Kier alpha value is -1.36. The lowest BCUT2D eigenvalue weighted by atomic mass is 10.1. The largest absolute Gasteiger partial charge is 0.330 e. The van der Waals surface area contributed by atoms with Crippen molar-refractivity contribution in [3.8, 4) is 0 Å². The maximum absolute atomic E-state index is 11.8. The second kappa shape index (κ2) is 5.10. The summed E-state index contributed by atoms with van der Waals surface area (Å²) in [7, 11) is 3.20. The molecule has 1 N–H and O–H groups in total. The number of aromatic nitrogens is 2. The van der Waals surface area contributed by atoms with E-state index in [1.165, 1.54) is 36.9 Å². The molecule has 5 nitrogen and oxygen atoms in total. The molecule has 1 aliphatic carbocycles. The van der Waals surface area contributed by atoms with Crippen LogP contribution in [0.4, 0.5) is 0 Å². The average Bonchev–Trinajstić information content (AvgIpc) is 2.75. The van der Waals surface area contributed by atoms with Gasteiger partial charge in [0.15, 0.2) is 0 Å². The minimum absolute atomic E-state index is 0.241. The van der Waals surface area contributed by atoms with E-state index < -0.39 is 0 Å². The van der Waals surface area contributed by atoms with Gasteiger partial charge in [-0.1, -0.05) is 6.92 Å². The molecule has 0 saturated heterocycles. The van der Waals surface area contributed by atoms with Crippen molar-refractivity contribution >= 4 is 0 Å². The van der Waals surface area contributed by atoms with Crippen LogP contribution in [-0.2, 0) is 20.6 Å². The van der Waals surface area contributed by atoms with E-state index in [9.17, 15) is 9.59 Å². The fraction of sp³-hybridized carbons (Fsp3) is 0.692. The monoisotopic (exact) mass is 251 g/mol. The lowest BCUT2D eigenvalue weighted by Crippen LogP contribution is -2.39. The van der Waals surface area contributed by atoms with E-state index in [0.717, 1.165) is 16.2 Å². The van der Waals surface area contributed by atoms with Crippen molar-refractivity contribution in [2.75, 3.05) is 0 Å². The van der Waals surface area contributed by atoms with Gasteiger partial charge in [-0.2, -0.15) is 0 Å². The van der Waals surface area contributed by atoms with E-state index >= 15 is 0 Å². The van der Waals surface area contributed by atoms with Gasteiger partial charge in [0.1, 0.15) is 0 Å². The van der Waals surface area contributed by atoms with Crippen molar-refractivity contribution < 1.29 is 0 Å². The summed E-state index contributed by atoms with van der Waals surface area (Å²) < 4.78 is 2.66.